The summed E-state index contributed by atoms with van der Waals surface area (Å²) in [6.45, 7) is 0. The van der Waals surface area contributed by atoms with Gasteiger partial charge >= 0.3 is 5.97 Å². The highest BCUT2D eigenvalue weighted by molar-refractivity contribution is 6.31. The Morgan fingerprint density at radius 1 is 1.00 bits per heavy atom. The van der Waals surface area contributed by atoms with Gasteiger partial charge in [0, 0.05) is 22.2 Å². The highest BCUT2D eigenvalue weighted by Gasteiger charge is 2.42. The van der Waals surface area contributed by atoms with Gasteiger partial charge in [0.2, 0.25) is 11.8 Å². The third kappa shape index (κ3) is 4.36. The molecule has 170 valence electrons. The highest BCUT2D eigenvalue weighted by atomic mass is 35.5. The first kappa shape index (κ1) is 22.6. The number of nitrogens with zero attached hydrogens (tertiary/aromatic N) is 2. The number of aromatic nitrogens is 1. The lowest BCUT2D eigenvalue weighted by atomic mass is 10.0. The number of carbonyl (C=O) groups excluding carboxylic acids is 1. The second kappa shape index (κ2) is 9.50. The molecule has 2 aromatic carbocycles. The first-order valence-corrected chi connectivity index (χ1v) is 10.8. The average molecular weight is 467 g/mol. The van der Waals surface area contributed by atoms with Gasteiger partial charge in [-0.2, -0.15) is 4.98 Å². The Bertz CT molecular complexity index is 1180. The number of pyridine rings is 1. The van der Waals surface area contributed by atoms with Crippen LogP contribution in [0, 0.1) is 0 Å². The lowest BCUT2D eigenvalue weighted by Crippen LogP contribution is -2.41. The van der Waals surface area contributed by atoms with Crippen LogP contribution in [-0.4, -0.2) is 47.1 Å². The van der Waals surface area contributed by atoms with Crippen molar-refractivity contribution >= 4 is 23.5 Å². The van der Waals surface area contributed by atoms with Crippen LogP contribution >= 0.6 is 11.6 Å². The number of likely N-dealkylation sites (tertiary alicyclic amines) is 1. The maximum absolute atomic E-state index is 13.5. The number of hydrogen-bond acceptors (Lipinski definition) is 5. The average Bonchev–Trinajstić information content (AvgIpc) is 3.29. The monoisotopic (exact) mass is 466 g/mol. The van der Waals surface area contributed by atoms with Crippen LogP contribution in [0.15, 0.2) is 60.7 Å². The normalized spacial score (nSPS) is 17.6. The number of methoxy groups -OCH3 is 2. The van der Waals surface area contributed by atoms with Crippen molar-refractivity contribution in [3.05, 3.63) is 76.8 Å². The smallest absolute Gasteiger partial charge is 0.326 e. The molecule has 0 radical (unpaired) electrons. The largest absolute Gasteiger partial charge is 0.481 e. The number of benzene rings is 2. The molecule has 7 nitrogen and oxygen atoms in total. The van der Waals surface area contributed by atoms with Crippen molar-refractivity contribution in [2.45, 2.75) is 24.9 Å². The molecular weight excluding hydrogens is 444 g/mol. The molecule has 1 aliphatic heterocycles. The van der Waals surface area contributed by atoms with E-state index in [2.05, 4.69) is 4.98 Å². The van der Waals surface area contributed by atoms with E-state index in [0.29, 0.717) is 35.2 Å². The Balaban J connectivity index is 1.66. The van der Waals surface area contributed by atoms with Gasteiger partial charge in [0.1, 0.15) is 6.04 Å². The summed E-state index contributed by atoms with van der Waals surface area (Å²) in [4.78, 5) is 31.1. The number of halogens is 1. The van der Waals surface area contributed by atoms with Crippen LogP contribution in [-0.2, 0) is 4.79 Å². The van der Waals surface area contributed by atoms with Crippen molar-refractivity contribution in [1.82, 2.24) is 9.88 Å². The van der Waals surface area contributed by atoms with Gasteiger partial charge in [0.15, 0.2) is 0 Å². The molecule has 1 aliphatic rings. The minimum atomic E-state index is -1.02. The minimum absolute atomic E-state index is 0.351. The lowest BCUT2D eigenvalue weighted by molar-refractivity contribution is -0.141. The summed E-state index contributed by atoms with van der Waals surface area (Å²) in [6.07, 6.45) is 0.892. The predicted molar refractivity (Wildman–Crippen MR) is 124 cm³/mol. The Kier molecular flexibility index (Phi) is 6.51. The summed E-state index contributed by atoms with van der Waals surface area (Å²) in [7, 11) is 3.05. The number of aliphatic carboxylic acids is 1. The molecule has 1 amide bonds. The summed E-state index contributed by atoms with van der Waals surface area (Å²) in [5.41, 5.74) is 2.69. The number of hydrogen-bond donors (Lipinski definition) is 1. The van der Waals surface area contributed by atoms with E-state index in [4.69, 9.17) is 21.1 Å². The van der Waals surface area contributed by atoms with Gasteiger partial charge in [0.25, 0.3) is 5.91 Å². The van der Waals surface area contributed by atoms with Gasteiger partial charge in [0.05, 0.1) is 20.3 Å². The summed E-state index contributed by atoms with van der Waals surface area (Å²) in [5.74, 6) is -0.542. The molecule has 1 fully saturated rings. The third-order valence-corrected chi connectivity index (χ3v) is 6.19. The number of rotatable bonds is 6. The van der Waals surface area contributed by atoms with Crippen LogP contribution in [0.3, 0.4) is 0 Å². The van der Waals surface area contributed by atoms with Gasteiger partial charge < -0.3 is 19.5 Å². The highest BCUT2D eigenvalue weighted by Crippen LogP contribution is 2.40. The second-order valence-corrected chi connectivity index (χ2v) is 8.08. The Morgan fingerprint density at radius 3 is 2.36 bits per heavy atom. The molecule has 0 aliphatic carbocycles. The molecule has 3 aromatic rings. The maximum atomic E-state index is 13.5. The van der Waals surface area contributed by atoms with Gasteiger partial charge in [-0.05, 0) is 48.2 Å². The quantitative estimate of drug-likeness (QED) is 0.558. The van der Waals surface area contributed by atoms with Crippen molar-refractivity contribution in [3.8, 4) is 22.9 Å². The number of amides is 1. The maximum Gasteiger partial charge on any atom is 0.326 e. The Hall–Kier alpha value is -3.58. The molecule has 1 saturated heterocycles. The lowest BCUT2D eigenvalue weighted by Gasteiger charge is -2.29. The minimum Gasteiger partial charge on any atom is -0.481 e. The van der Waals surface area contributed by atoms with Crippen molar-refractivity contribution in [2.75, 3.05) is 14.2 Å². The molecule has 0 bridgehead atoms. The zero-order valence-electron chi connectivity index (χ0n) is 18.2. The summed E-state index contributed by atoms with van der Waals surface area (Å²) in [5, 5.41) is 10.3. The Morgan fingerprint density at radius 2 is 1.73 bits per heavy atom. The molecule has 4 rings (SSSR count). The molecule has 2 atom stereocenters. The fourth-order valence-electron chi connectivity index (χ4n) is 4.24. The van der Waals surface area contributed by atoms with Gasteiger partial charge in [-0.15, -0.1) is 0 Å². The molecule has 0 unspecified atom stereocenters. The van der Waals surface area contributed by atoms with E-state index in [0.717, 1.165) is 16.7 Å². The van der Waals surface area contributed by atoms with Gasteiger partial charge in [-0.3, -0.25) is 4.79 Å². The molecule has 33 heavy (non-hydrogen) atoms. The van der Waals surface area contributed by atoms with E-state index in [-0.39, 0.29) is 5.91 Å². The number of carboxylic acid groups (broad SMARTS) is 1. The molecule has 0 saturated carbocycles. The molecule has 1 N–H and O–H groups in total. The van der Waals surface area contributed by atoms with Crippen LogP contribution in [0.1, 0.15) is 34.8 Å². The second-order valence-electron chi connectivity index (χ2n) is 7.67. The van der Waals surface area contributed by atoms with E-state index in [1.165, 1.54) is 19.1 Å². The third-order valence-electron chi connectivity index (χ3n) is 5.85. The molecular formula is C25H23ClN2O5. The molecule has 2 heterocycles. The number of ether oxygens (including phenoxy) is 2. The summed E-state index contributed by atoms with van der Waals surface area (Å²) >= 11 is 6.37. The van der Waals surface area contributed by atoms with Crippen LogP contribution in [0.4, 0.5) is 0 Å². The van der Waals surface area contributed by atoms with Crippen molar-refractivity contribution in [1.29, 1.82) is 0 Å². The Labute approximate surface area is 196 Å². The summed E-state index contributed by atoms with van der Waals surface area (Å²) in [6, 6.07) is 16.4. The topological polar surface area (TPSA) is 89.0 Å². The van der Waals surface area contributed by atoms with E-state index >= 15 is 0 Å². The number of carbonyl (C=O) groups is 2. The fourth-order valence-corrected chi connectivity index (χ4v) is 4.50. The first-order valence-electron chi connectivity index (χ1n) is 10.4. The van der Waals surface area contributed by atoms with Crippen LogP contribution < -0.4 is 9.47 Å². The van der Waals surface area contributed by atoms with E-state index in [1.807, 2.05) is 24.3 Å². The SMILES string of the molecule is COc1ccc(-c2ccc(C(=O)N3[C@@H](c4ccccc4Cl)CC[C@H]3C(=O)O)cc2)c(OC)n1. The zero-order valence-corrected chi connectivity index (χ0v) is 19.0. The van der Waals surface area contributed by atoms with Crippen molar-refractivity contribution in [3.63, 3.8) is 0 Å². The van der Waals surface area contributed by atoms with E-state index < -0.39 is 18.1 Å². The molecule has 1 aromatic heterocycles. The predicted octanol–water partition coefficient (Wildman–Crippen LogP) is 4.85. The standard InChI is InChI=1S/C25H23ClN2O5/c1-32-22-14-11-17(23(27-22)33-2)15-7-9-16(10-8-15)24(29)28-20(12-13-21(28)25(30)31)18-5-3-4-6-19(18)26/h3-11,14,20-21H,12-13H2,1-2H3,(H,30,31)/t20-,21+/m1/s1. The number of carboxylic acids is 1. The molecule has 0 spiro atoms. The van der Waals surface area contributed by atoms with E-state index in [1.54, 1.807) is 36.4 Å². The van der Waals surface area contributed by atoms with E-state index in [9.17, 15) is 14.7 Å². The van der Waals surface area contributed by atoms with Crippen molar-refractivity contribution < 1.29 is 24.2 Å². The van der Waals surface area contributed by atoms with Crippen LogP contribution in [0.2, 0.25) is 5.02 Å². The van der Waals surface area contributed by atoms with Crippen LogP contribution in [0.5, 0.6) is 11.8 Å². The fraction of sp³-hybridized carbons (Fsp3) is 0.240. The van der Waals surface area contributed by atoms with Crippen LogP contribution in [0.25, 0.3) is 11.1 Å². The van der Waals surface area contributed by atoms with Gasteiger partial charge in [-0.25, -0.2) is 4.79 Å². The van der Waals surface area contributed by atoms with Gasteiger partial charge in [-0.1, -0.05) is 41.9 Å². The molecule has 8 heteroatoms. The summed E-state index contributed by atoms with van der Waals surface area (Å²) < 4.78 is 10.5. The zero-order chi connectivity index (χ0) is 23.5. The van der Waals surface area contributed by atoms with Crippen molar-refractivity contribution in [2.24, 2.45) is 0 Å². The first-order chi connectivity index (χ1) is 15.9.